The minimum Gasteiger partial charge on any atom is -0.463 e. The van der Waals surface area contributed by atoms with Crippen LogP contribution >= 0.6 is 0 Å². The number of nitrogens with zero attached hydrogens (tertiary/aromatic N) is 2. The lowest BCUT2D eigenvalue weighted by molar-refractivity contribution is -0.137. The van der Waals surface area contributed by atoms with Crippen LogP contribution in [0.5, 0.6) is 0 Å². The van der Waals surface area contributed by atoms with E-state index >= 15 is 0 Å². The summed E-state index contributed by atoms with van der Waals surface area (Å²) in [6.45, 7) is 5.61. The second-order valence-electron chi connectivity index (χ2n) is 7.58. The van der Waals surface area contributed by atoms with E-state index < -0.39 is 23.8 Å². The molecular formula is C24H22F3N3O3. The van der Waals surface area contributed by atoms with Gasteiger partial charge in [-0.05, 0) is 43.3 Å². The van der Waals surface area contributed by atoms with E-state index in [1.807, 2.05) is 13.8 Å². The highest BCUT2D eigenvalue weighted by atomic mass is 19.4. The van der Waals surface area contributed by atoms with Gasteiger partial charge >= 0.3 is 12.1 Å². The van der Waals surface area contributed by atoms with Crippen molar-refractivity contribution in [2.75, 3.05) is 7.11 Å². The van der Waals surface area contributed by atoms with Crippen molar-refractivity contribution >= 4 is 5.97 Å². The summed E-state index contributed by atoms with van der Waals surface area (Å²) < 4.78 is 48.6. The van der Waals surface area contributed by atoms with Crippen LogP contribution in [0.25, 0.3) is 0 Å². The summed E-state index contributed by atoms with van der Waals surface area (Å²) in [5, 5.41) is 0. The standard InChI is InChI=1S/C24H22F3N3O3/c1-13(2)22-29-14(3)17(10-7-15-5-8-16(9-6-15)24(25,26)27)21(30-22)20(28)18-11-12-19(33-18)23(31)32-4/h5-6,8-9,11-13,20H,28H2,1-4H3. The number of furan rings is 1. The number of carbonyl (C=O) groups is 1. The Hall–Kier alpha value is -3.64. The average Bonchev–Trinajstić information content (AvgIpc) is 3.26. The number of hydrogen-bond acceptors (Lipinski definition) is 6. The maximum atomic E-state index is 12.8. The highest BCUT2D eigenvalue weighted by Crippen LogP contribution is 2.29. The molecule has 33 heavy (non-hydrogen) atoms. The quantitative estimate of drug-likeness (QED) is 0.449. The van der Waals surface area contributed by atoms with Gasteiger partial charge in [0.2, 0.25) is 5.76 Å². The summed E-state index contributed by atoms with van der Waals surface area (Å²) in [7, 11) is 1.24. The molecule has 0 fully saturated rings. The van der Waals surface area contributed by atoms with Gasteiger partial charge in [0.05, 0.1) is 29.6 Å². The lowest BCUT2D eigenvalue weighted by Crippen LogP contribution is -2.18. The topological polar surface area (TPSA) is 91.2 Å². The van der Waals surface area contributed by atoms with Gasteiger partial charge in [-0.2, -0.15) is 13.2 Å². The lowest BCUT2D eigenvalue weighted by atomic mass is 10.0. The van der Waals surface area contributed by atoms with Crippen LogP contribution in [0.2, 0.25) is 0 Å². The van der Waals surface area contributed by atoms with Crippen LogP contribution in [0, 0.1) is 18.8 Å². The van der Waals surface area contributed by atoms with Crippen LogP contribution in [0.3, 0.4) is 0 Å². The molecule has 172 valence electrons. The first-order valence-electron chi connectivity index (χ1n) is 10.0. The highest BCUT2D eigenvalue weighted by molar-refractivity contribution is 5.86. The lowest BCUT2D eigenvalue weighted by Gasteiger charge is -2.15. The Balaban J connectivity index is 2.05. The Morgan fingerprint density at radius 1 is 1.09 bits per heavy atom. The van der Waals surface area contributed by atoms with Gasteiger partial charge in [0.1, 0.15) is 17.6 Å². The molecule has 0 aliphatic rings. The number of benzene rings is 1. The smallest absolute Gasteiger partial charge is 0.416 e. The molecule has 1 unspecified atom stereocenters. The fourth-order valence-electron chi connectivity index (χ4n) is 3.00. The summed E-state index contributed by atoms with van der Waals surface area (Å²) in [5.74, 6) is 5.99. The summed E-state index contributed by atoms with van der Waals surface area (Å²) in [4.78, 5) is 20.8. The number of nitrogens with two attached hydrogens (primary N) is 1. The van der Waals surface area contributed by atoms with Crippen LogP contribution in [0.15, 0.2) is 40.8 Å². The molecule has 6 nitrogen and oxygen atoms in total. The number of methoxy groups -OCH3 is 1. The largest absolute Gasteiger partial charge is 0.463 e. The minimum atomic E-state index is -4.42. The Labute approximate surface area is 189 Å². The van der Waals surface area contributed by atoms with E-state index in [-0.39, 0.29) is 17.4 Å². The number of alkyl halides is 3. The fraction of sp³-hybridized carbons (Fsp3) is 0.292. The molecule has 2 heterocycles. The summed E-state index contributed by atoms with van der Waals surface area (Å²) in [6.07, 6.45) is -4.42. The monoisotopic (exact) mass is 457 g/mol. The molecule has 0 spiro atoms. The molecule has 9 heteroatoms. The number of ether oxygens (including phenoxy) is 1. The number of hydrogen-bond donors (Lipinski definition) is 1. The van der Waals surface area contributed by atoms with E-state index in [9.17, 15) is 18.0 Å². The van der Waals surface area contributed by atoms with Crippen LogP contribution < -0.4 is 5.73 Å². The first-order chi connectivity index (χ1) is 15.5. The van der Waals surface area contributed by atoms with Crippen LogP contribution in [0.1, 0.15) is 76.0 Å². The molecule has 0 amide bonds. The second-order valence-corrected chi connectivity index (χ2v) is 7.58. The van der Waals surface area contributed by atoms with Crippen molar-refractivity contribution in [3.63, 3.8) is 0 Å². The normalized spacial score (nSPS) is 12.3. The first kappa shape index (κ1) is 24.0. The number of halogens is 3. The number of aromatic nitrogens is 2. The van der Waals surface area contributed by atoms with Gasteiger partial charge in [0.15, 0.2) is 0 Å². The van der Waals surface area contributed by atoms with E-state index in [0.29, 0.717) is 28.3 Å². The van der Waals surface area contributed by atoms with Crippen molar-refractivity contribution in [3.8, 4) is 11.8 Å². The van der Waals surface area contributed by atoms with E-state index in [1.54, 1.807) is 13.0 Å². The Kier molecular flexibility index (Phi) is 6.89. The van der Waals surface area contributed by atoms with Gasteiger partial charge in [-0.15, -0.1) is 0 Å². The molecule has 0 aliphatic carbocycles. The molecule has 1 atom stereocenters. The summed E-state index contributed by atoms with van der Waals surface area (Å²) in [6, 6.07) is 6.67. The maximum absolute atomic E-state index is 12.8. The van der Waals surface area contributed by atoms with Crippen molar-refractivity contribution < 1.29 is 27.1 Å². The molecule has 0 saturated carbocycles. The third-order valence-electron chi connectivity index (χ3n) is 4.81. The van der Waals surface area contributed by atoms with E-state index in [0.717, 1.165) is 12.1 Å². The molecule has 0 bridgehead atoms. The van der Waals surface area contributed by atoms with Gasteiger partial charge in [0, 0.05) is 11.5 Å². The molecule has 2 N–H and O–H groups in total. The van der Waals surface area contributed by atoms with Crippen LogP contribution in [-0.4, -0.2) is 23.0 Å². The maximum Gasteiger partial charge on any atom is 0.416 e. The fourth-order valence-corrected chi connectivity index (χ4v) is 3.00. The van der Waals surface area contributed by atoms with Crippen LogP contribution in [-0.2, 0) is 10.9 Å². The van der Waals surface area contributed by atoms with Gasteiger partial charge in [0.25, 0.3) is 0 Å². The Morgan fingerprint density at radius 2 is 1.76 bits per heavy atom. The summed E-state index contributed by atoms with van der Waals surface area (Å²) in [5.41, 5.74) is 7.44. The van der Waals surface area contributed by atoms with E-state index in [4.69, 9.17) is 10.2 Å². The van der Waals surface area contributed by atoms with E-state index in [2.05, 4.69) is 26.5 Å². The third-order valence-corrected chi connectivity index (χ3v) is 4.81. The van der Waals surface area contributed by atoms with Gasteiger partial charge < -0.3 is 14.9 Å². The molecule has 2 aromatic heterocycles. The van der Waals surface area contributed by atoms with Gasteiger partial charge in [-0.25, -0.2) is 14.8 Å². The molecule has 0 aliphatic heterocycles. The molecule has 0 saturated heterocycles. The van der Waals surface area contributed by atoms with Crippen molar-refractivity contribution in [1.82, 2.24) is 9.97 Å². The first-order valence-corrected chi connectivity index (χ1v) is 10.0. The molecule has 3 rings (SSSR count). The highest BCUT2D eigenvalue weighted by Gasteiger charge is 2.30. The van der Waals surface area contributed by atoms with Crippen molar-refractivity contribution in [1.29, 1.82) is 0 Å². The number of esters is 1. The Bertz CT molecular complexity index is 1220. The second kappa shape index (κ2) is 9.46. The van der Waals surface area contributed by atoms with Gasteiger partial charge in [-0.3, -0.25) is 0 Å². The molecular weight excluding hydrogens is 435 g/mol. The molecule has 0 radical (unpaired) electrons. The van der Waals surface area contributed by atoms with Crippen molar-refractivity contribution in [2.24, 2.45) is 5.73 Å². The third kappa shape index (κ3) is 5.41. The number of rotatable bonds is 4. The van der Waals surface area contributed by atoms with Crippen molar-refractivity contribution in [3.05, 3.63) is 81.8 Å². The molecule has 3 aromatic rings. The average molecular weight is 457 g/mol. The predicted octanol–water partition coefficient (Wildman–Crippen LogP) is 4.75. The number of carbonyl (C=O) groups excluding carboxylic acids is 1. The van der Waals surface area contributed by atoms with E-state index in [1.165, 1.54) is 25.3 Å². The summed E-state index contributed by atoms with van der Waals surface area (Å²) >= 11 is 0. The SMILES string of the molecule is COC(=O)c1ccc(C(N)c2nc(C(C)C)nc(C)c2C#Cc2ccc(C(F)(F)F)cc2)o1. The van der Waals surface area contributed by atoms with Crippen molar-refractivity contribution in [2.45, 2.75) is 38.9 Å². The van der Waals surface area contributed by atoms with Crippen LogP contribution in [0.4, 0.5) is 13.2 Å². The van der Waals surface area contributed by atoms with Gasteiger partial charge in [-0.1, -0.05) is 25.7 Å². The minimum absolute atomic E-state index is 0.00444. The number of aryl methyl sites for hydroxylation is 1. The Morgan fingerprint density at radius 3 is 2.33 bits per heavy atom. The zero-order valence-corrected chi connectivity index (χ0v) is 18.4. The zero-order valence-electron chi connectivity index (χ0n) is 18.4. The molecule has 1 aromatic carbocycles. The zero-order chi connectivity index (χ0) is 24.3. The predicted molar refractivity (Wildman–Crippen MR) is 114 cm³/mol.